The van der Waals surface area contributed by atoms with Gasteiger partial charge in [0.25, 0.3) is 0 Å². The van der Waals surface area contributed by atoms with Crippen molar-refractivity contribution in [1.29, 1.82) is 0 Å². The highest BCUT2D eigenvalue weighted by molar-refractivity contribution is 6.11. The molecule has 2 amide bonds. The zero-order chi connectivity index (χ0) is 18.0. The SMILES string of the molecule is CCCCN1Cc2cc(C(=O)c3cc(C)ccc3O)cnc2NC1=O. The minimum atomic E-state index is -0.284. The number of aromatic nitrogens is 1. The number of hydrogen-bond donors (Lipinski definition) is 2. The van der Waals surface area contributed by atoms with Crippen LogP contribution in [0.15, 0.2) is 30.5 Å². The van der Waals surface area contributed by atoms with Crippen molar-refractivity contribution in [3.05, 3.63) is 52.7 Å². The minimum absolute atomic E-state index is 0.0498. The van der Waals surface area contributed by atoms with E-state index in [-0.39, 0.29) is 23.1 Å². The fraction of sp³-hybridized carbons (Fsp3) is 0.316. The minimum Gasteiger partial charge on any atom is -0.507 e. The van der Waals surface area contributed by atoms with Crippen molar-refractivity contribution in [3.63, 3.8) is 0 Å². The van der Waals surface area contributed by atoms with E-state index >= 15 is 0 Å². The molecule has 2 aromatic rings. The molecule has 3 rings (SSSR count). The topological polar surface area (TPSA) is 82.5 Å². The van der Waals surface area contributed by atoms with Gasteiger partial charge >= 0.3 is 6.03 Å². The number of anilines is 1. The normalized spacial score (nSPS) is 13.4. The zero-order valence-electron chi connectivity index (χ0n) is 14.4. The third-order valence-corrected chi connectivity index (χ3v) is 4.28. The molecule has 1 aliphatic heterocycles. The van der Waals surface area contributed by atoms with Gasteiger partial charge in [-0.3, -0.25) is 10.1 Å². The molecule has 1 aliphatic rings. The van der Waals surface area contributed by atoms with Crippen LogP contribution in [0, 0.1) is 6.92 Å². The Labute approximate surface area is 146 Å². The second kappa shape index (κ2) is 6.93. The zero-order valence-corrected chi connectivity index (χ0v) is 14.4. The first-order chi connectivity index (χ1) is 12.0. The molecule has 0 aliphatic carbocycles. The number of carbonyl (C=O) groups excluding carboxylic acids is 2. The number of rotatable bonds is 5. The fourth-order valence-corrected chi connectivity index (χ4v) is 2.84. The summed E-state index contributed by atoms with van der Waals surface area (Å²) in [6, 6.07) is 6.50. The van der Waals surface area contributed by atoms with Crippen molar-refractivity contribution >= 4 is 17.6 Å². The molecule has 0 radical (unpaired) electrons. The van der Waals surface area contributed by atoms with Crippen LogP contribution in [0.2, 0.25) is 0 Å². The molecular formula is C19H21N3O3. The Hall–Kier alpha value is -2.89. The molecule has 6 nitrogen and oxygen atoms in total. The Morgan fingerprint density at radius 3 is 2.92 bits per heavy atom. The smallest absolute Gasteiger partial charge is 0.323 e. The van der Waals surface area contributed by atoms with Crippen LogP contribution in [-0.4, -0.2) is 33.3 Å². The molecule has 0 fully saturated rings. The summed E-state index contributed by atoms with van der Waals surface area (Å²) in [5, 5.41) is 12.7. The molecule has 130 valence electrons. The van der Waals surface area contributed by atoms with Crippen LogP contribution in [0.25, 0.3) is 0 Å². The molecule has 0 saturated carbocycles. The van der Waals surface area contributed by atoms with Gasteiger partial charge in [-0.1, -0.05) is 25.0 Å². The first kappa shape index (κ1) is 17.0. The summed E-state index contributed by atoms with van der Waals surface area (Å²) in [7, 11) is 0. The lowest BCUT2D eigenvalue weighted by Gasteiger charge is -2.28. The van der Waals surface area contributed by atoms with Crippen molar-refractivity contribution in [3.8, 4) is 5.75 Å². The van der Waals surface area contributed by atoms with Gasteiger partial charge in [0.2, 0.25) is 0 Å². The number of urea groups is 1. The molecule has 1 aromatic heterocycles. The number of nitrogens with one attached hydrogen (secondary N) is 1. The molecule has 2 N–H and O–H groups in total. The predicted octanol–water partition coefficient (Wildman–Crippen LogP) is 3.47. The lowest BCUT2D eigenvalue weighted by Crippen LogP contribution is -2.39. The van der Waals surface area contributed by atoms with Gasteiger partial charge < -0.3 is 10.0 Å². The Kier molecular flexibility index (Phi) is 4.70. The van der Waals surface area contributed by atoms with E-state index < -0.39 is 0 Å². The first-order valence-corrected chi connectivity index (χ1v) is 8.38. The largest absolute Gasteiger partial charge is 0.507 e. The number of benzene rings is 1. The van der Waals surface area contributed by atoms with Gasteiger partial charge in [-0.05, 0) is 31.5 Å². The summed E-state index contributed by atoms with van der Waals surface area (Å²) >= 11 is 0. The highest BCUT2D eigenvalue weighted by Gasteiger charge is 2.24. The third-order valence-electron chi connectivity index (χ3n) is 4.28. The number of carbonyl (C=O) groups is 2. The average molecular weight is 339 g/mol. The van der Waals surface area contributed by atoms with Gasteiger partial charge in [0.15, 0.2) is 5.78 Å². The van der Waals surface area contributed by atoms with Crippen LogP contribution in [0.5, 0.6) is 5.75 Å². The summed E-state index contributed by atoms with van der Waals surface area (Å²) in [6.45, 7) is 5.03. The number of phenolic OH excluding ortho intramolecular Hbond substituents is 1. The summed E-state index contributed by atoms with van der Waals surface area (Å²) in [5.41, 5.74) is 2.34. The van der Waals surface area contributed by atoms with E-state index in [2.05, 4.69) is 17.2 Å². The van der Waals surface area contributed by atoms with Gasteiger partial charge in [0, 0.05) is 23.9 Å². The maximum Gasteiger partial charge on any atom is 0.323 e. The van der Waals surface area contributed by atoms with E-state index in [0.29, 0.717) is 24.5 Å². The van der Waals surface area contributed by atoms with E-state index in [4.69, 9.17) is 0 Å². The summed E-state index contributed by atoms with van der Waals surface area (Å²) < 4.78 is 0. The van der Waals surface area contributed by atoms with Gasteiger partial charge in [-0.15, -0.1) is 0 Å². The maximum absolute atomic E-state index is 12.7. The van der Waals surface area contributed by atoms with Gasteiger partial charge in [0.05, 0.1) is 12.1 Å². The molecule has 25 heavy (non-hydrogen) atoms. The second-order valence-corrected chi connectivity index (χ2v) is 6.29. The van der Waals surface area contributed by atoms with Crippen molar-refractivity contribution in [1.82, 2.24) is 9.88 Å². The lowest BCUT2D eigenvalue weighted by atomic mass is 10.00. The van der Waals surface area contributed by atoms with Crippen LogP contribution < -0.4 is 5.32 Å². The quantitative estimate of drug-likeness (QED) is 0.817. The van der Waals surface area contributed by atoms with Crippen molar-refractivity contribution < 1.29 is 14.7 Å². The highest BCUT2D eigenvalue weighted by atomic mass is 16.3. The Morgan fingerprint density at radius 1 is 1.36 bits per heavy atom. The number of hydrogen-bond acceptors (Lipinski definition) is 4. The lowest BCUT2D eigenvalue weighted by molar-refractivity contribution is 0.103. The number of fused-ring (bicyclic) bond motifs is 1. The second-order valence-electron chi connectivity index (χ2n) is 6.29. The number of aromatic hydroxyl groups is 1. The Morgan fingerprint density at radius 2 is 2.16 bits per heavy atom. The monoisotopic (exact) mass is 339 g/mol. The predicted molar refractivity (Wildman–Crippen MR) is 94.9 cm³/mol. The van der Waals surface area contributed by atoms with Crippen LogP contribution in [0.3, 0.4) is 0 Å². The number of amides is 2. The standard InChI is InChI=1S/C19H21N3O3/c1-3-4-7-22-11-14-9-13(10-20-18(14)21-19(22)25)17(24)15-8-12(2)5-6-16(15)23/h5-6,8-10,23H,3-4,7,11H2,1-2H3,(H,20,21,25). The molecular weight excluding hydrogens is 318 g/mol. The average Bonchev–Trinajstić information content (AvgIpc) is 2.61. The molecule has 6 heteroatoms. The summed E-state index contributed by atoms with van der Waals surface area (Å²) in [4.78, 5) is 30.7. The van der Waals surface area contributed by atoms with Gasteiger partial charge in [-0.25, -0.2) is 9.78 Å². The molecule has 0 atom stereocenters. The number of unbranched alkanes of at least 4 members (excludes halogenated alkanes) is 1. The Balaban J connectivity index is 1.89. The molecule has 0 saturated heterocycles. The van der Waals surface area contributed by atoms with Gasteiger partial charge in [0.1, 0.15) is 11.6 Å². The summed E-state index contributed by atoms with van der Waals surface area (Å²) in [5.74, 6) is 0.155. The van der Waals surface area contributed by atoms with E-state index in [1.54, 1.807) is 23.1 Å². The molecule has 2 heterocycles. The number of aryl methyl sites for hydroxylation is 1. The van der Waals surface area contributed by atoms with E-state index in [0.717, 1.165) is 24.0 Å². The molecule has 0 spiro atoms. The molecule has 0 unspecified atom stereocenters. The van der Waals surface area contributed by atoms with Crippen molar-refractivity contribution in [2.75, 3.05) is 11.9 Å². The van der Waals surface area contributed by atoms with Crippen molar-refractivity contribution in [2.45, 2.75) is 33.2 Å². The highest BCUT2D eigenvalue weighted by Crippen LogP contribution is 2.26. The van der Waals surface area contributed by atoms with Crippen LogP contribution in [-0.2, 0) is 6.54 Å². The van der Waals surface area contributed by atoms with E-state index in [1.807, 2.05) is 6.92 Å². The fourth-order valence-electron chi connectivity index (χ4n) is 2.84. The number of pyridine rings is 1. The van der Waals surface area contributed by atoms with Crippen LogP contribution >= 0.6 is 0 Å². The van der Waals surface area contributed by atoms with Gasteiger partial charge in [-0.2, -0.15) is 0 Å². The molecule has 0 bridgehead atoms. The number of nitrogens with zero attached hydrogens (tertiary/aromatic N) is 2. The maximum atomic E-state index is 12.7. The van der Waals surface area contributed by atoms with Crippen molar-refractivity contribution in [2.24, 2.45) is 0 Å². The summed E-state index contributed by atoms with van der Waals surface area (Å²) in [6.07, 6.45) is 3.36. The third kappa shape index (κ3) is 3.47. The van der Waals surface area contributed by atoms with Crippen LogP contribution in [0.4, 0.5) is 10.6 Å². The molecule has 1 aromatic carbocycles. The van der Waals surface area contributed by atoms with Crippen LogP contribution in [0.1, 0.15) is 46.8 Å². The first-order valence-electron chi connectivity index (χ1n) is 8.38. The number of phenols is 1. The van der Waals surface area contributed by atoms with E-state index in [9.17, 15) is 14.7 Å². The van der Waals surface area contributed by atoms with E-state index in [1.165, 1.54) is 12.3 Å². The Bertz CT molecular complexity index is 833. The number of ketones is 1.